The summed E-state index contributed by atoms with van der Waals surface area (Å²) in [6.07, 6.45) is 1.90. The van der Waals surface area contributed by atoms with E-state index in [9.17, 15) is 0 Å². The molecule has 3 aromatic rings. The second kappa shape index (κ2) is 5.56. The van der Waals surface area contributed by atoms with Crippen LogP contribution in [0.5, 0.6) is 0 Å². The molecule has 3 nitrogen and oxygen atoms in total. The van der Waals surface area contributed by atoms with E-state index in [2.05, 4.69) is 34.7 Å². The molecule has 2 heterocycles. The van der Waals surface area contributed by atoms with Gasteiger partial charge in [-0.1, -0.05) is 29.8 Å². The van der Waals surface area contributed by atoms with E-state index >= 15 is 0 Å². The van der Waals surface area contributed by atoms with Crippen LogP contribution < -0.4 is 5.32 Å². The molecule has 0 fully saturated rings. The minimum atomic E-state index is 0.722. The summed E-state index contributed by atoms with van der Waals surface area (Å²) >= 11 is 7.94. The van der Waals surface area contributed by atoms with Gasteiger partial charge in [-0.05, 0) is 31.0 Å². The van der Waals surface area contributed by atoms with Gasteiger partial charge in [-0.25, -0.2) is 0 Å². The number of hydrogen-bond acceptors (Lipinski definition) is 3. The minimum absolute atomic E-state index is 0.722. The van der Waals surface area contributed by atoms with Gasteiger partial charge >= 0.3 is 0 Å². The van der Waals surface area contributed by atoms with Gasteiger partial charge in [0.05, 0.1) is 17.3 Å². The van der Waals surface area contributed by atoms with Crippen molar-refractivity contribution >= 4 is 33.0 Å². The molecule has 0 spiro atoms. The second-order valence-electron chi connectivity index (χ2n) is 4.79. The van der Waals surface area contributed by atoms with Crippen LogP contribution in [-0.2, 0) is 13.1 Å². The van der Waals surface area contributed by atoms with Crippen LogP contribution in [0.1, 0.15) is 16.1 Å². The lowest BCUT2D eigenvalue weighted by Gasteiger charge is -2.05. The van der Waals surface area contributed by atoms with E-state index in [-0.39, 0.29) is 0 Å². The number of hydrogen-bond donors (Lipinski definition) is 1. The number of thiophene rings is 1. The lowest BCUT2D eigenvalue weighted by molar-refractivity contribution is 0.676. The van der Waals surface area contributed by atoms with Crippen molar-refractivity contribution < 1.29 is 0 Å². The van der Waals surface area contributed by atoms with Gasteiger partial charge in [-0.2, -0.15) is 5.10 Å². The Kier molecular flexibility index (Phi) is 3.78. The van der Waals surface area contributed by atoms with Crippen LogP contribution in [0.25, 0.3) is 10.1 Å². The summed E-state index contributed by atoms with van der Waals surface area (Å²) in [7, 11) is 1.98. The highest BCUT2D eigenvalue weighted by atomic mass is 35.5. The van der Waals surface area contributed by atoms with E-state index in [1.54, 1.807) is 0 Å². The topological polar surface area (TPSA) is 29.9 Å². The number of aromatic nitrogens is 2. The molecule has 1 aromatic carbocycles. The smallest absolute Gasteiger partial charge is 0.0815 e. The van der Waals surface area contributed by atoms with Crippen LogP contribution in [0.15, 0.2) is 30.5 Å². The molecule has 0 atom stereocenters. The molecule has 104 valence electrons. The number of aryl methyl sites for hydroxylation is 1. The highest BCUT2D eigenvalue weighted by Gasteiger charge is 2.13. The van der Waals surface area contributed by atoms with Gasteiger partial charge in [0, 0.05) is 22.3 Å². The maximum Gasteiger partial charge on any atom is 0.0815 e. The first-order chi connectivity index (χ1) is 9.69. The Morgan fingerprint density at radius 2 is 2.15 bits per heavy atom. The molecule has 0 aliphatic rings. The summed E-state index contributed by atoms with van der Waals surface area (Å²) in [5.74, 6) is 0. The summed E-state index contributed by atoms with van der Waals surface area (Å²) in [6, 6.07) is 8.52. The molecular weight excluding hydrogens is 290 g/mol. The lowest BCUT2D eigenvalue weighted by atomic mass is 10.1. The maximum absolute atomic E-state index is 6.10. The quantitative estimate of drug-likeness (QED) is 0.794. The molecule has 20 heavy (non-hydrogen) atoms. The van der Waals surface area contributed by atoms with Gasteiger partial charge in [0.1, 0.15) is 0 Å². The first-order valence-electron chi connectivity index (χ1n) is 6.52. The molecule has 0 saturated heterocycles. The molecule has 0 radical (unpaired) electrons. The fourth-order valence-corrected chi connectivity index (χ4v) is 3.74. The average molecular weight is 306 g/mol. The molecule has 0 saturated carbocycles. The SMILES string of the molecule is CNCc1sc2ccccc2c1Cn1cc(Cl)c(C)n1. The maximum atomic E-state index is 6.10. The monoisotopic (exact) mass is 305 g/mol. The van der Waals surface area contributed by atoms with E-state index in [1.807, 2.05) is 36.2 Å². The van der Waals surface area contributed by atoms with Crippen LogP contribution >= 0.6 is 22.9 Å². The molecule has 2 aromatic heterocycles. The van der Waals surface area contributed by atoms with Crippen LogP contribution in [0.2, 0.25) is 5.02 Å². The Labute approximate surface area is 127 Å². The molecule has 3 rings (SSSR count). The van der Waals surface area contributed by atoms with Crippen LogP contribution in [0.4, 0.5) is 0 Å². The first-order valence-corrected chi connectivity index (χ1v) is 7.72. The molecular formula is C15H16ClN3S. The molecule has 5 heteroatoms. The third-order valence-corrected chi connectivity index (χ3v) is 4.91. The number of halogens is 1. The van der Waals surface area contributed by atoms with E-state index < -0.39 is 0 Å². The van der Waals surface area contributed by atoms with Crippen molar-refractivity contribution in [1.29, 1.82) is 0 Å². The third-order valence-electron chi connectivity index (χ3n) is 3.33. The number of benzene rings is 1. The van der Waals surface area contributed by atoms with Gasteiger partial charge in [-0.3, -0.25) is 4.68 Å². The van der Waals surface area contributed by atoms with Gasteiger partial charge < -0.3 is 5.32 Å². The third kappa shape index (κ3) is 2.46. The van der Waals surface area contributed by atoms with Crippen molar-refractivity contribution in [2.45, 2.75) is 20.0 Å². The average Bonchev–Trinajstić information content (AvgIpc) is 2.93. The zero-order valence-corrected chi connectivity index (χ0v) is 13.1. The predicted octanol–water partition coefficient (Wildman–Crippen LogP) is 3.83. The Hall–Kier alpha value is -1.36. The largest absolute Gasteiger partial charge is 0.315 e. The van der Waals surface area contributed by atoms with E-state index in [0.717, 1.165) is 23.8 Å². The van der Waals surface area contributed by atoms with E-state index in [4.69, 9.17) is 11.6 Å². The highest BCUT2D eigenvalue weighted by Crippen LogP contribution is 2.32. The summed E-state index contributed by atoms with van der Waals surface area (Å²) in [6.45, 7) is 3.57. The van der Waals surface area contributed by atoms with Crippen molar-refractivity contribution in [3.63, 3.8) is 0 Å². The molecule has 0 aliphatic carbocycles. The standard InChI is InChI=1S/C15H16ClN3S/c1-10-13(16)9-19(18-10)8-12-11-5-3-4-6-14(11)20-15(12)7-17-2/h3-6,9,17H,7-8H2,1-2H3. The Morgan fingerprint density at radius 3 is 2.85 bits per heavy atom. The van der Waals surface area contributed by atoms with Gasteiger partial charge in [-0.15, -0.1) is 11.3 Å². The second-order valence-corrected chi connectivity index (χ2v) is 6.33. The van der Waals surface area contributed by atoms with Crippen LogP contribution in [-0.4, -0.2) is 16.8 Å². The summed E-state index contributed by atoms with van der Waals surface area (Å²) < 4.78 is 3.24. The molecule has 0 amide bonds. The Balaban J connectivity index is 2.06. The Morgan fingerprint density at radius 1 is 1.35 bits per heavy atom. The fourth-order valence-electron chi connectivity index (χ4n) is 2.36. The zero-order chi connectivity index (χ0) is 14.1. The Bertz CT molecular complexity index is 725. The lowest BCUT2D eigenvalue weighted by Crippen LogP contribution is -2.08. The molecule has 0 aliphatic heterocycles. The normalized spacial score (nSPS) is 11.3. The molecule has 1 N–H and O–H groups in total. The number of rotatable bonds is 4. The van der Waals surface area contributed by atoms with E-state index in [0.29, 0.717) is 0 Å². The minimum Gasteiger partial charge on any atom is -0.315 e. The fraction of sp³-hybridized carbons (Fsp3) is 0.267. The van der Waals surface area contributed by atoms with Gasteiger partial charge in [0.15, 0.2) is 0 Å². The van der Waals surface area contributed by atoms with Gasteiger partial charge in [0.25, 0.3) is 0 Å². The first kappa shape index (κ1) is 13.6. The van der Waals surface area contributed by atoms with Crippen molar-refractivity contribution in [2.75, 3.05) is 7.05 Å². The van der Waals surface area contributed by atoms with Crippen molar-refractivity contribution in [2.24, 2.45) is 0 Å². The van der Waals surface area contributed by atoms with Gasteiger partial charge in [0.2, 0.25) is 0 Å². The number of fused-ring (bicyclic) bond motifs is 1. The number of nitrogens with one attached hydrogen (secondary N) is 1. The zero-order valence-electron chi connectivity index (χ0n) is 11.5. The van der Waals surface area contributed by atoms with E-state index in [1.165, 1.54) is 20.5 Å². The van der Waals surface area contributed by atoms with Crippen molar-refractivity contribution in [1.82, 2.24) is 15.1 Å². The predicted molar refractivity (Wildman–Crippen MR) is 85.7 cm³/mol. The summed E-state index contributed by atoms with van der Waals surface area (Å²) in [5.41, 5.74) is 2.21. The molecule has 0 unspecified atom stereocenters. The van der Waals surface area contributed by atoms with Crippen molar-refractivity contribution in [3.8, 4) is 0 Å². The van der Waals surface area contributed by atoms with Crippen molar-refractivity contribution in [3.05, 3.63) is 51.6 Å². The molecule has 0 bridgehead atoms. The number of nitrogens with zero attached hydrogens (tertiary/aromatic N) is 2. The summed E-state index contributed by atoms with van der Waals surface area (Å²) in [4.78, 5) is 1.36. The summed E-state index contributed by atoms with van der Waals surface area (Å²) in [5, 5.41) is 9.74. The van der Waals surface area contributed by atoms with Crippen LogP contribution in [0, 0.1) is 6.92 Å². The van der Waals surface area contributed by atoms with Crippen LogP contribution in [0.3, 0.4) is 0 Å². The highest BCUT2D eigenvalue weighted by molar-refractivity contribution is 7.19.